The minimum absolute atomic E-state index is 0. The van der Waals surface area contributed by atoms with Crippen LogP contribution in [0.1, 0.15) is 13.3 Å². The van der Waals surface area contributed by atoms with Gasteiger partial charge in [-0.25, -0.2) is 0 Å². The molecule has 1 N–H and O–H groups in total. The van der Waals surface area contributed by atoms with Crippen LogP contribution in [0.25, 0.3) is 0 Å². The van der Waals surface area contributed by atoms with Gasteiger partial charge in [-0.2, -0.15) is 0 Å². The Bertz CT molecular complexity index is 54.4. The second-order valence-corrected chi connectivity index (χ2v) is 0.747. The molecule has 0 aliphatic rings. The van der Waals surface area contributed by atoms with E-state index in [1.807, 2.05) is 0 Å². The molecule has 0 saturated heterocycles. The zero-order valence-electron chi connectivity index (χ0n) is 4.48. The summed E-state index contributed by atoms with van der Waals surface area (Å²) in [5.41, 5.74) is 0. The molecule has 0 spiro atoms. The summed E-state index contributed by atoms with van der Waals surface area (Å²) in [7, 11) is 0. The fourth-order valence-corrected chi connectivity index (χ4v) is 0. The van der Waals surface area contributed by atoms with Crippen molar-refractivity contribution in [2.45, 2.75) is 13.3 Å². The van der Waals surface area contributed by atoms with Crippen molar-refractivity contribution in [3.8, 4) is 0 Å². The Labute approximate surface area is 79.6 Å². The predicted molar refractivity (Wildman–Crippen MR) is 37.7 cm³/mol. The Kier molecular flexibility index (Phi) is 30.9. The molecular formula is C5H12CaO2. The first-order valence-corrected chi connectivity index (χ1v) is 1.99. The summed E-state index contributed by atoms with van der Waals surface area (Å²) in [6.07, 6.45) is 0.222. The fourth-order valence-electron chi connectivity index (χ4n) is 0. The number of carbonyl (C=O) groups is 1. The van der Waals surface area contributed by atoms with Gasteiger partial charge in [-0.05, 0) is 0 Å². The number of hydrogen-bond acceptors (Lipinski definition) is 1. The molecule has 0 bridgehead atoms. The molecule has 0 unspecified atom stereocenters. The molecule has 0 aliphatic carbocycles. The van der Waals surface area contributed by atoms with Gasteiger partial charge in [-0.1, -0.05) is 6.92 Å². The van der Waals surface area contributed by atoms with Crippen molar-refractivity contribution >= 4 is 43.7 Å². The summed E-state index contributed by atoms with van der Waals surface area (Å²) < 4.78 is 0. The van der Waals surface area contributed by atoms with E-state index in [1.54, 1.807) is 6.92 Å². The van der Waals surface area contributed by atoms with E-state index in [2.05, 4.69) is 13.2 Å². The van der Waals surface area contributed by atoms with E-state index in [1.165, 1.54) is 0 Å². The summed E-state index contributed by atoms with van der Waals surface area (Å²) in [6, 6.07) is 0. The maximum atomic E-state index is 9.37. The van der Waals surface area contributed by atoms with Gasteiger partial charge < -0.3 is 5.11 Å². The molecular weight excluding hydrogens is 132 g/mol. The second kappa shape index (κ2) is 15.7. The Hall–Kier alpha value is 0.470. The molecule has 46 valence electrons. The molecule has 0 atom stereocenters. The fraction of sp³-hybridized carbons (Fsp3) is 0.400. The van der Waals surface area contributed by atoms with Gasteiger partial charge in [0.25, 0.3) is 0 Å². The van der Waals surface area contributed by atoms with Crippen LogP contribution >= 0.6 is 0 Å². The van der Waals surface area contributed by atoms with Gasteiger partial charge in [0.2, 0.25) is 0 Å². The SMILES string of the molecule is C=C.CCC(=O)O.[CaH2]. The van der Waals surface area contributed by atoms with E-state index in [0.717, 1.165) is 0 Å². The third kappa shape index (κ3) is 31.7. The average Bonchev–Trinajstić information content (AvgIpc) is 1.73. The Balaban J connectivity index is -0.0000000750. The van der Waals surface area contributed by atoms with Gasteiger partial charge in [0.1, 0.15) is 0 Å². The van der Waals surface area contributed by atoms with Crippen LogP contribution in [0.3, 0.4) is 0 Å². The van der Waals surface area contributed by atoms with E-state index >= 15 is 0 Å². The summed E-state index contributed by atoms with van der Waals surface area (Å²) in [4.78, 5) is 9.37. The van der Waals surface area contributed by atoms with Crippen LogP contribution in [0.5, 0.6) is 0 Å². The normalized spacial score (nSPS) is 5.12. The average molecular weight is 144 g/mol. The first-order chi connectivity index (χ1) is 3.27. The van der Waals surface area contributed by atoms with Crippen molar-refractivity contribution in [1.29, 1.82) is 0 Å². The van der Waals surface area contributed by atoms with E-state index in [4.69, 9.17) is 5.11 Å². The van der Waals surface area contributed by atoms with Gasteiger partial charge in [0.05, 0.1) is 0 Å². The van der Waals surface area contributed by atoms with Crippen molar-refractivity contribution in [1.82, 2.24) is 0 Å². The standard InChI is InChI=1S/C3H6O2.C2H4.Ca.2H/c1-2-3(4)5;1-2;;;/h2H2,1H3,(H,4,5);1-2H2;;;. The molecule has 0 aromatic carbocycles. The zero-order chi connectivity index (χ0) is 6.28. The topological polar surface area (TPSA) is 37.3 Å². The molecule has 0 fully saturated rings. The summed E-state index contributed by atoms with van der Waals surface area (Å²) in [5.74, 6) is -0.745. The van der Waals surface area contributed by atoms with Crippen molar-refractivity contribution in [2.75, 3.05) is 0 Å². The van der Waals surface area contributed by atoms with E-state index in [9.17, 15) is 4.79 Å². The number of aliphatic carboxylic acids is 1. The molecule has 0 rings (SSSR count). The Morgan fingerprint density at radius 3 is 1.75 bits per heavy atom. The summed E-state index contributed by atoms with van der Waals surface area (Å²) in [5, 5.41) is 7.72. The second-order valence-electron chi connectivity index (χ2n) is 0.747. The summed E-state index contributed by atoms with van der Waals surface area (Å²) >= 11 is 0. The number of carboxylic acid groups (broad SMARTS) is 1. The van der Waals surface area contributed by atoms with Gasteiger partial charge in [0.15, 0.2) is 0 Å². The molecule has 0 amide bonds. The van der Waals surface area contributed by atoms with Crippen molar-refractivity contribution < 1.29 is 9.90 Å². The van der Waals surface area contributed by atoms with Crippen LogP contribution in [0.2, 0.25) is 0 Å². The van der Waals surface area contributed by atoms with Crippen LogP contribution in [-0.4, -0.2) is 48.8 Å². The van der Waals surface area contributed by atoms with E-state index < -0.39 is 5.97 Å². The van der Waals surface area contributed by atoms with Gasteiger partial charge in [-0.15, -0.1) is 13.2 Å². The van der Waals surface area contributed by atoms with Crippen molar-refractivity contribution in [2.24, 2.45) is 0 Å². The molecule has 2 nitrogen and oxygen atoms in total. The van der Waals surface area contributed by atoms with Crippen LogP contribution < -0.4 is 0 Å². The van der Waals surface area contributed by atoms with Crippen molar-refractivity contribution in [3.63, 3.8) is 0 Å². The van der Waals surface area contributed by atoms with Crippen LogP contribution in [0.4, 0.5) is 0 Å². The maximum absolute atomic E-state index is 9.37. The molecule has 0 heterocycles. The summed E-state index contributed by atoms with van der Waals surface area (Å²) in [6.45, 7) is 7.60. The van der Waals surface area contributed by atoms with E-state index in [-0.39, 0.29) is 44.2 Å². The number of hydrogen-bond donors (Lipinski definition) is 1. The van der Waals surface area contributed by atoms with Crippen LogP contribution in [0.15, 0.2) is 13.2 Å². The van der Waals surface area contributed by atoms with Gasteiger partial charge in [-0.3, -0.25) is 4.79 Å². The monoisotopic (exact) mass is 144 g/mol. The number of rotatable bonds is 1. The molecule has 0 saturated carbocycles. The molecule has 0 aliphatic heterocycles. The molecule has 0 aromatic heterocycles. The number of carboxylic acids is 1. The first-order valence-electron chi connectivity index (χ1n) is 1.99. The van der Waals surface area contributed by atoms with E-state index in [0.29, 0.717) is 0 Å². The van der Waals surface area contributed by atoms with Gasteiger partial charge >= 0.3 is 43.7 Å². The molecule has 8 heavy (non-hydrogen) atoms. The van der Waals surface area contributed by atoms with Crippen LogP contribution in [-0.2, 0) is 4.79 Å². The predicted octanol–water partition coefficient (Wildman–Crippen LogP) is 0.367. The van der Waals surface area contributed by atoms with Crippen LogP contribution in [0, 0.1) is 0 Å². The Morgan fingerprint density at radius 2 is 1.75 bits per heavy atom. The third-order valence-corrected chi connectivity index (χ3v) is 0.302. The van der Waals surface area contributed by atoms with Gasteiger partial charge in [0, 0.05) is 6.42 Å². The first kappa shape index (κ1) is 15.8. The third-order valence-electron chi connectivity index (χ3n) is 0.302. The van der Waals surface area contributed by atoms with Crippen molar-refractivity contribution in [3.05, 3.63) is 13.2 Å². The molecule has 0 radical (unpaired) electrons. The minimum atomic E-state index is -0.745. The zero-order valence-corrected chi connectivity index (χ0v) is 4.48. The Morgan fingerprint density at radius 1 is 1.62 bits per heavy atom. The molecule has 3 heteroatoms. The quantitative estimate of drug-likeness (QED) is 0.426. The molecule has 0 aromatic rings.